The topological polar surface area (TPSA) is 48.1 Å². The maximum atomic E-state index is 5.72. The minimum Gasteiger partial charge on any atom is -0.493 e. The lowest BCUT2D eigenvalue weighted by atomic mass is 10.2. The Hall–Kier alpha value is -1.77. The van der Waals surface area contributed by atoms with Gasteiger partial charge in [0, 0.05) is 17.3 Å². The summed E-state index contributed by atoms with van der Waals surface area (Å²) in [5.41, 5.74) is 7.33. The highest BCUT2D eigenvalue weighted by molar-refractivity contribution is 5.87. The van der Waals surface area contributed by atoms with E-state index in [0.29, 0.717) is 0 Å². The van der Waals surface area contributed by atoms with E-state index < -0.39 is 0 Å². The van der Waals surface area contributed by atoms with Crippen molar-refractivity contribution >= 4 is 16.6 Å². The number of nitrogens with zero attached hydrogens (tertiary/aromatic N) is 1. The van der Waals surface area contributed by atoms with Crippen molar-refractivity contribution in [3.05, 3.63) is 30.5 Å². The smallest absolute Gasteiger partial charge is 0.130 e. The van der Waals surface area contributed by atoms with Gasteiger partial charge in [-0.15, -0.1) is 0 Å². The first-order valence-corrected chi connectivity index (χ1v) is 5.58. The highest BCUT2D eigenvalue weighted by atomic mass is 16.5. The van der Waals surface area contributed by atoms with Crippen molar-refractivity contribution in [2.24, 2.45) is 0 Å². The molecule has 0 bridgehead atoms. The summed E-state index contributed by atoms with van der Waals surface area (Å²) in [6.07, 6.45) is 3.96. The van der Waals surface area contributed by atoms with Crippen LogP contribution in [0.3, 0.4) is 0 Å². The highest BCUT2D eigenvalue weighted by Crippen LogP contribution is 2.25. The third-order valence-corrected chi connectivity index (χ3v) is 2.48. The Morgan fingerprint density at radius 1 is 1.31 bits per heavy atom. The standard InChI is InChI=1S/C13H16N2O/c1-2-3-8-16-13-6-7-15-12-9-10(14)4-5-11(12)13/h4-7,9H,2-3,8,14H2,1H3. The summed E-state index contributed by atoms with van der Waals surface area (Å²) >= 11 is 0. The zero-order valence-electron chi connectivity index (χ0n) is 9.44. The maximum absolute atomic E-state index is 5.72. The van der Waals surface area contributed by atoms with Gasteiger partial charge in [-0.1, -0.05) is 13.3 Å². The van der Waals surface area contributed by atoms with Crippen LogP contribution in [0.5, 0.6) is 5.75 Å². The van der Waals surface area contributed by atoms with Gasteiger partial charge < -0.3 is 10.5 Å². The number of unbranched alkanes of at least 4 members (excludes halogenated alkanes) is 1. The fraction of sp³-hybridized carbons (Fsp3) is 0.308. The molecule has 0 aliphatic carbocycles. The lowest BCUT2D eigenvalue weighted by Crippen LogP contribution is -1.97. The summed E-state index contributed by atoms with van der Waals surface area (Å²) in [4.78, 5) is 4.27. The van der Waals surface area contributed by atoms with Gasteiger partial charge in [0.25, 0.3) is 0 Å². The number of pyridine rings is 1. The molecule has 1 aromatic carbocycles. The molecule has 16 heavy (non-hydrogen) atoms. The Kier molecular flexibility index (Phi) is 3.25. The van der Waals surface area contributed by atoms with Crippen molar-refractivity contribution in [1.82, 2.24) is 4.98 Å². The molecule has 3 heteroatoms. The van der Waals surface area contributed by atoms with Crippen LogP contribution in [0, 0.1) is 0 Å². The Balaban J connectivity index is 2.30. The fourth-order valence-electron chi connectivity index (χ4n) is 1.59. The van der Waals surface area contributed by atoms with Crippen molar-refractivity contribution < 1.29 is 4.74 Å². The molecule has 2 N–H and O–H groups in total. The fourth-order valence-corrected chi connectivity index (χ4v) is 1.59. The predicted molar refractivity (Wildman–Crippen MR) is 66.6 cm³/mol. The van der Waals surface area contributed by atoms with Crippen molar-refractivity contribution in [3.8, 4) is 5.75 Å². The lowest BCUT2D eigenvalue weighted by Gasteiger charge is -2.08. The molecule has 1 aromatic heterocycles. The lowest BCUT2D eigenvalue weighted by molar-refractivity contribution is 0.313. The quantitative estimate of drug-likeness (QED) is 0.631. The Morgan fingerprint density at radius 2 is 2.19 bits per heavy atom. The molecule has 84 valence electrons. The van der Waals surface area contributed by atoms with Crippen molar-refractivity contribution in [1.29, 1.82) is 0 Å². The number of ether oxygens (including phenoxy) is 1. The van der Waals surface area contributed by atoms with Gasteiger partial charge in [-0.25, -0.2) is 0 Å². The molecule has 0 amide bonds. The van der Waals surface area contributed by atoms with Crippen LogP contribution in [0.25, 0.3) is 10.9 Å². The monoisotopic (exact) mass is 216 g/mol. The van der Waals surface area contributed by atoms with Gasteiger partial charge >= 0.3 is 0 Å². The number of aromatic nitrogens is 1. The van der Waals surface area contributed by atoms with E-state index in [1.54, 1.807) is 6.20 Å². The molecule has 1 heterocycles. The number of anilines is 1. The second kappa shape index (κ2) is 4.84. The Morgan fingerprint density at radius 3 is 3.00 bits per heavy atom. The van der Waals surface area contributed by atoms with Crippen LogP contribution in [0.1, 0.15) is 19.8 Å². The largest absolute Gasteiger partial charge is 0.493 e. The minimum atomic E-state index is 0.728. The number of nitrogens with two attached hydrogens (primary N) is 1. The predicted octanol–water partition coefficient (Wildman–Crippen LogP) is 3.00. The third kappa shape index (κ3) is 2.24. The normalized spacial score (nSPS) is 10.6. The van der Waals surface area contributed by atoms with E-state index in [2.05, 4.69) is 11.9 Å². The van der Waals surface area contributed by atoms with Gasteiger partial charge in [-0.3, -0.25) is 4.98 Å². The molecule has 0 atom stereocenters. The molecule has 0 aliphatic rings. The van der Waals surface area contributed by atoms with Crippen molar-refractivity contribution in [2.75, 3.05) is 12.3 Å². The first-order valence-electron chi connectivity index (χ1n) is 5.58. The van der Waals surface area contributed by atoms with Gasteiger partial charge in [0.2, 0.25) is 0 Å². The first-order chi connectivity index (χ1) is 7.81. The molecule has 0 radical (unpaired) electrons. The van der Waals surface area contributed by atoms with Gasteiger partial charge in [0.1, 0.15) is 5.75 Å². The summed E-state index contributed by atoms with van der Waals surface area (Å²) in [6, 6.07) is 7.59. The molecule has 0 spiro atoms. The molecule has 0 unspecified atom stereocenters. The van der Waals surface area contributed by atoms with E-state index in [-0.39, 0.29) is 0 Å². The van der Waals surface area contributed by atoms with Crippen LogP contribution in [-0.2, 0) is 0 Å². The van der Waals surface area contributed by atoms with Crippen LogP contribution in [0.15, 0.2) is 30.5 Å². The van der Waals surface area contributed by atoms with Crippen molar-refractivity contribution in [3.63, 3.8) is 0 Å². The Bertz CT molecular complexity index is 482. The molecular weight excluding hydrogens is 200 g/mol. The average molecular weight is 216 g/mol. The molecule has 2 rings (SSSR count). The second-order valence-electron chi connectivity index (χ2n) is 3.79. The zero-order valence-corrected chi connectivity index (χ0v) is 9.44. The van der Waals surface area contributed by atoms with E-state index in [0.717, 1.165) is 41.8 Å². The third-order valence-electron chi connectivity index (χ3n) is 2.48. The van der Waals surface area contributed by atoms with E-state index in [9.17, 15) is 0 Å². The van der Waals surface area contributed by atoms with Crippen molar-refractivity contribution in [2.45, 2.75) is 19.8 Å². The molecule has 0 saturated carbocycles. The van der Waals surface area contributed by atoms with Crippen LogP contribution in [0.4, 0.5) is 5.69 Å². The van der Waals surface area contributed by atoms with E-state index >= 15 is 0 Å². The number of rotatable bonds is 4. The van der Waals surface area contributed by atoms with E-state index in [1.165, 1.54) is 0 Å². The van der Waals surface area contributed by atoms with Gasteiger partial charge in [0.05, 0.1) is 12.1 Å². The molecule has 3 nitrogen and oxygen atoms in total. The average Bonchev–Trinajstić information content (AvgIpc) is 2.29. The number of benzene rings is 1. The van der Waals surface area contributed by atoms with Gasteiger partial charge in [-0.2, -0.15) is 0 Å². The SMILES string of the molecule is CCCCOc1ccnc2cc(N)ccc12. The summed E-state index contributed by atoms with van der Waals surface area (Å²) in [7, 11) is 0. The van der Waals surface area contributed by atoms with Crippen LogP contribution in [-0.4, -0.2) is 11.6 Å². The number of fused-ring (bicyclic) bond motifs is 1. The van der Waals surface area contributed by atoms with E-state index in [4.69, 9.17) is 10.5 Å². The summed E-state index contributed by atoms with van der Waals surface area (Å²) < 4.78 is 5.72. The number of hydrogen-bond acceptors (Lipinski definition) is 3. The molecular formula is C13H16N2O. The van der Waals surface area contributed by atoms with Gasteiger partial charge in [0.15, 0.2) is 0 Å². The Labute approximate surface area is 95.2 Å². The molecule has 0 aliphatic heterocycles. The second-order valence-corrected chi connectivity index (χ2v) is 3.79. The van der Waals surface area contributed by atoms with Crippen LogP contribution >= 0.6 is 0 Å². The summed E-state index contributed by atoms with van der Waals surface area (Å²) in [5.74, 6) is 0.887. The van der Waals surface area contributed by atoms with E-state index in [1.807, 2.05) is 24.3 Å². The van der Waals surface area contributed by atoms with Crippen LogP contribution in [0.2, 0.25) is 0 Å². The summed E-state index contributed by atoms with van der Waals surface area (Å²) in [5, 5.41) is 1.02. The minimum absolute atomic E-state index is 0.728. The molecule has 2 aromatic rings. The van der Waals surface area contributed by atoms with Gasteiger partial charge in [-0.05, 0) is 30.7 Å². The van der Waals surface area contributed by atoms with Crippen LogP contribution < -0.4 is 10.5 Å². The first kappa shape index (κ1) is 10.7. The maximum Gasteiger partial charge on any atom is 0.130 e. The summed E-state index contributed by atoms with van der Waals surface area (Å²) in [6.45, 7) is 2.90. The number of nitrogen functional groups attached to an aromatic ring is 1. The molecule has 0 fully saturated rings. The number of hydrogen-bond donors (Lipinski definition) is 1. The highest BCUT2D eigenvalue weighted by Gasteiger charge is 2.02. The zero-order chi connectivity index (χ0) is 11.4. The molecule has 0 saturated heterocycles.